The zero-order valence-electron chi connectivity index (χ0n) is 13.9. The molecule has 0 saturated heterocycles. The maximum atomic E-state index is 12.0. The van der Waals surface area contributed by atoms with E-state index < -0.39 is 0 Å². The zero-order chi connectivity index (χ0) is 19.2. The third-order valence-electron chi connectivity index (χ3n) is 3.44. The topological polar surface area (TPSA) is 54.3 Å². The van der Waals surface area contributed by atoms with Crippen LogP contribution in [0.4, 0.5) is 5.69 Å². The Kier molecular flexibility index (Phi) is 6.29. The van der Waals surface area contributed by atoms with Gasteiger partial charge in [-0.25, -0.2) is 0 Å². The standard InChI is InChI=1S/C20H14Cl2N2O2S/c21-14-10-13(11-15(22)12-14)18-8-6-17(26-18)7-9-19(25)24-20(27)23-16-4-2-1-3-5-16/h1-12H,(H2,23,24,25,27)/b9-7+. The highest BCUT2D eigenvalue weighted by molar-refractivity contribution is 7.80. The molecule has 2 N–H and O–H groups in total. The van der Waals surface area contributed by atoms with Crippen molar-refractivity contribution in [3.63, 3.8) is 0 Å². The molecule has 2 aromatic carbocycles. The number of halogens is 2. The van der Waals surface area contributed by atoms with Crippen LogP contribution in [0, 0.1) is 0 Å². The molecule has 0 aliphatic rings. The molecule has 0 fully saturated rings. The van der Waals surface area contributed by atoms with E-state index in [1.54, 1.807) is 36.4 Å². The van der Waals surface area contributed by atoms with Gasteiger partial charge in [0.05, 0.1) is 0 Å². The van der Waals surface area contributed by atoms with Gasteiger partial charge in [0.2, 0.25) is 5.91 Å². The van der Waals surface area contributed by atoms with Crippen molar-refractivity contribution in [2.45, 2.75) is 0 Å². The van der Waals surface area contributed by atoms with Crippen molar-refractivity contribution in [3.05, 3.63) is 82.5 Å². The van der Waals surface area contributed by atoms with E-state index in [9.17, 15) is 4.79 Å². The Morgan fingerprint density at radius 3 is 2.41 bits per heavy atom. The Labute approximate surface area is 171 Å². The number of para-hydroxylation sites is 1. The van der Waals surface area contributed by atoms with Gasteiger partial charge in [0, 0.05) is 27.4 Å². The van der Waals surface area contributed by atoms with E-state index >= 15 is 0 Å². The summed E-state index contributed by atoms with van der Waals surface area (Å²) >= 11 is 17.1. The summed E-state index contributed by atoms with van der Waals surface area (Å²) in [5.41, 5.74) is 1.55. The largest absolute Gasteiger partial charge is 0.457 e. The van der Waals surface area contributed by atoms with Gasteiger partial charge in [-0.3, -0.25) is 10.1 Å². The lowest BCUT2D eigenvalue weighted by atomic mass is 10.2. The van der Waals surface area contributed by atoms with Gasteiger partial charge in [0.25, 0.3) is 0 Å². The minimum absolute atomic E-state index is 0.213. The lowest BCUT2D eigenvalue weighted by Crippen LogP contribution is -2.32. The number of carbonyl (C=O) groups is 1. The second kappa shape index (κ2) is 8.86. The van der Waals surface area contributed by atoms with Gasteiger partial charge in [-0.15, -0.1) is 0 Å². The van der Waals surface area contributed by atoms with Crippen LogP contribution in [0.2, 0.25) is 10.0 Å². The fourth-order valence-corrected chi connectivity index (χ4v) is 3.03. The second-order valence-electron chi connectivity index (χ2n) is 5.50. The third kappa shape index (κ3) is 5.69. The second-order valence-corrected chi connectivity index (χ2v) is 6.78. The fourth-order valence-electron chi connectivity index (χ4n) is 2.29. The summed E-state index contributed by atoms with van der Waals surface area (Å²) in [6, 6.07) is 18.0. The molecular weight excluding hydrogens is 403 g/mol. The molecule has 3 rings (SSSR count). The van der Waals surface area contributed by atoms with Gasteiger partial charge in [-0.2, -0.15) is 0 Å². The van der Waals surface area contributed by atoms with E-state index in [0.29, 0.717) is 21.6 Å². The van der Waals surface area contributed by atoms with Gasteiger partial charge in [-0.05, 0) is 60.8 Å². The Bertz CT molecular complexity index is 980. The maximum absolute atomic E-state index is 12.0. The lowest BCUT2D eigenvalue weighted by Gasteiger charge is -2.07. The zero-order valence-corrected chi connectivity index (χ0v) is 16.2. The van der Waals surface area contributed by atoms with Crippen molar-refractivity contribution in [2.75, 3.05) is 5.32 Å². The summed E-state index contributed by atoms with van der Waals surface area (Å²) in [5.74, 6) is 0.742. The first-order chi connectivity index (χ1) is 13.0. The molecule has 4 nitrogen and oxygen atoms in total. The summed E-state index contributed by atoms with van der Waals surface area (Å²) in [7, 11) is 0. The minimum atomic E-state index is -0.368. The molecular formula is C20H14Cl2N2O2S. The van der Waals surface area contributed by atoms with Gasteiger partial charge < -0.3 is 9.73 Å². The predicted molar refractivity (Wildman–Crippen MR) is 114 cm³/mol. The van der Waals surface area contributed by atoms with Crippen LogP contribution in [-0.4, -0.2) is 11.0 Å². The summed E-state index contributed by atoms with van der Waals surface area (Å²) in [4.78, 5) is 12.0. The molecule has 0 unspecified atom stereocenters. The normalized spacial score (nSPS) is 10.7. The summed E-state index contributed by atoms with van der Waals surface area (Å²) in [5, 5.41) is 6.74. The van der Waals surface area contributed by atoms with E-state index in [2.05, 4.69) is 10.6 Å². The van der Waals surface area contributed by atoms with E-state index in [1.807, 2.05) is 30.3 Å². The number of benzene rings is 2. The molecule has 27 heavy (non-hydrogen) atoms. The Hall–Kier alpha value is -2.60. The molecule has 0 aliphatic heterocycles. The molecule has 1 amide bonds. The molecule has 0 atom stereocenters. The molecule has 7 heteroatoms. The van der Waals surface area contributed by atoms with E-state index in [1.165, 1.54) is 6.08 Å². The summed E-state index contributed by atoms with van der Waals surface area (Å²) in [6.45, 7) is 0. The first-order valence-electron chi connectivity index (χ1n) is 7.91. The Balaban J connectivity index is 1.60. The van der Waals surface area contributed by atoms with Crippen LogP contribution in [0.5, 0.6) is 0 Å². The van der Waals surface area contributed by atoms with Crippen LogP contribution in [0.15, 0.2) is 71.2 Å². The third-order valence-corrected chi connectivity index (χ3v) is 4.08. The molecule has 3 aromatic rings. The first-order valence-corrected chi connectivity index (χ1v) is 9.07. The monoisotopic (exact) mass is 416 g/mol. The number of anilines is 1. The van der Waals surface area contributed by atoms with Crippen LogP contribution in [0.3, 0.4) is 0 Å². The van der Waals surface area contributed by atoms with Crippen molar-refractivity contribution in [1.82, 2.24) is 5.32 Å². The smallest absolute Gasteiger partial charge is 0.250 e. The van der Waals surface area contributed by atoms with Crippen LogP contribution in [0.1, 0.15) is 5.76 Å². The van der Waals surface area contributed by atoms with Crippen molar-refractivity contribution in [1.29, 1.82) is 0 Å². The van der Waals surface area contributed by atoms with Crippen molar-refractivity contribution >= 4 is 58.2 Å². The summed E-state index contributed by atoms with van der Waals surface area (Å²) in [6.07, 6.45) is 2.89. The van der Waals surface area contributed by atoms with Crippen LogP contribution >= 0.6 is 35.4 Å². The van der Waals surface area contributed by atoms with Crippen LogP contribution in [0.25, 0.3) is 17.4 Å². The predicted octanol–water partition coefficient (Wildman–Crippen LogP) is 5.78. The molecule has 0 spiro atoms. The molecule has 1 aromatic heterocycles. The van der Waals surface area contributed by atoms with Crippen LogP contribution < -0.4 is 10.6 Å². The van der Waals surface area contributed by atoms with E-state index in [0.717, 1.165) is 11.3 Å². The highest BCUT2D eigenvalue weighted by Gasteiger charge is 2.07. The average molecular weight is 417 g/mol. The van der Waals surface area contributed by atoms with E-state index in [-0.39, 0.29) is 11.0 Å². The molecule has 1 heterocycles. The molecule has 0 bridgehead atoms. The van der Waals surface area contributed by atoms with Crippen molar-refractivity contribution in [3.8, 4) is 11.3 Å². The number of thiocarbonyl (C=S) groups is 1. The van der Waals surface area contributed by atoms with Crippen molar-refractivity contribution in [2.24, 2.45) is 0 Å². The van der Waals surface area contributed by atoms with Gasteiger partial charge in [0.1, 0.15) is 11.5 Å². The maximum Gasteiger partial charge on any atom is 0.250 e. The Morgan fingerprint density at radius 2 is 1.70 bits per heavy atom. The number of rotatable bonds is 4. The number of nitrogens with one attached hydrogen (secondary N) is 2. The minimum Gasteiger partial charge on any atom is -0.457 e. The highest BCUT2D eigenvalue weighted by Crippen LogP contribution is 2.28. The quantitative estimate of drug-likeness (QED) is 0.418. The van der Waals surface area contributed by atoms with E-state index in [4.69, 9.17) is 39.8 Å². The number of carbonyl (C=O) groups excluding carboxylic acids is 1. The number of furan rings is 1. The average Bonchev–Trinajstić information content (AvgIpc) is 3.09. The summed E-state index contributed by atoms with van der Waals surface area (Å²) < 4.78 is 5.70. The number of amides is 1. The van der Waals surface area contributed by atoms with Crippen LogP contribution in [-0.2, 0) is 4.79 Å². The molecule has 0 saturated carbocycles. The molecule has 136 valence electrons. The van der Waals surface area contributed by atoms with Gasteiger partial charge in [-0.1, -0.05) is 41.4 Å². The highest BCUT2D eigenvalue weighted by atomic mass is 35.5. The number of hydrogen-bond acceptors (Lipinski definition) is 3. The molecule has 0 aliphatic carbocycles. The van der Waals surface area contributed by atoms with Gasteiger partial charge in [0.15, 0.2) is 5.11 Å². The fraction of sp³-hybridized carbons (Fsp3) is 0. The van der Waals surface area contributed by atoms with Crippen molar-refractivity contribution < 1.29 is 9.21 Å². The Morgan fingerprint density at radius 1 is 1.00 bits per heavy atom. The SMILES string of the molecule is O=C(/C=C/c1ccc(-c2cc(Cl)cc(Cl)c2)o1)NC(=S)Nc1ccccc1. The molecule has 0 radical (unpaired) electrons. The lowest BCUT2D eigenvalue weighted by molar-refractivity contribution is -0.115. The number of hydrogen-bond donors (Lipinski definition) is 2. The van der Waals surface area contributed by atoms with Gasteiger partial charge >= 0.3 is 0 Å². The first kappa shape index (κ1) is 19.2.